The average Bonchev–Trinajstić information content (AvgIpc) is 2.39. The molecule has 16 heavy (non-hydrogen) atoms. The first-order chi connectivity index (χ1) is 7.43. The first kappa shape index (κ1) is 11.4. The van der Waals surface area contributed by atoms with Crippen molar-refractivity contribution in [3.8, 4) is 11.1 Å². The van der Waals surface area contributed by atoms with E-state index in [-0.39, 0.29) is 0 Å². The maximum atomic E-state index is 2.43. The minimum atomic E-state index is -1.23. The molecule has 0 saturated carbocycles. The lowest BCUT2D eigenvalue weighted by molar-refractivity contribution is 1.52. The van der Waals surface area contributed by atoms with Crippen LogP contribution in [-0.4, -0.2) is 8.07 Å². The summed E-state index contributed by atoms with van der Waals surface area (Å²) in [6.45, 7) is 11.9. The molecule has 0 aliphatic heterocycles. The molecule has 1 heteroatoms. The summed E-state index contributed by atoms with van der Waals surface area (Å²) in [7, 11) is -1.23. The van der Waals surface area contributed by atoms with Crippen LogP contribution in [0.3, 0.4) is 0 Å². The molecule has 0 atom stereocenters. The Morgan fingerprint density at radius 1 is 0.750 bits per heavy atom. The van der Waals surface area contributed by atoms with Gasteiger partial charge in [-0.25, -0.2) is 0 Å². The second-order valence-electron chi connectivity index (χ2n) is 5.61. The van der Waals surface area contributed by atoms with Gasteiger partial charge in [0.05, 0.1) is 8.07 Å². The van der Waals surface area contributed by atoms with E-state index < -0.39 is 8.07 Å². The van der Waals surface area contributed by atoms with Gasteiger partial charge in [0.25, 0.3) is 0 Å². The molecule has 0 unspecified atom stereocenters. The van der Waals surface area contributed by atoms with Gasteiger partial charge in [0.2, 0.25) is 0 Å². The van der Waals surface area contributed by atoms with Gasteiger partial charge in [0.1, 0.15) is 0 Å². The topological polar surface area (TPSA) is 0 Å². The van der Waals surface area contributed by atoms with Gasteiger partial charge in [0, 0.05) is 0 Å². The van der Waals surface area contributed by atoms with E-state index in [0.717, 1.165) is 0 Å². The Morgan fingerprint density at radius 2 is 1.19 bits per heavy atom. The number of hydrogen-bond acceptors (Lipinski definition) is 0. The summed E-state index contributed by atoms with van der Waals surface area (Å²) in [5.74, 6) is 0. The third-order valence-corrected chi connectivity index (χ3v) is 5.60. The first-order valence-corrected chi connectivity index (χ1v) is 9.41. The molecule has 0 N–H and O–H groups in total. The highest BCUT2D eigenvalue weighted by Gasteiger charge is 2.26. The molecule has 0 aromatic rings. The maximum Gasteiger partial charge on any atom is 0.0783 e. The Labute approximate surface area is 99.7 Å². The van der Waals surface area contributed by atoms with Crippen LogP contribution in [0, 0.1) is 13.8 Å². The Hall–Kier alpha value is -1.08. The zero-order valence-corrected chi connectivity index (χ0v) is 11.9. The molecule has 0 radical (unpaired) electrons. The quantitative estimate of drug-likeness (QED) is 0.648. The summed E-state index contributed by atoms with van der Waals surface area (Å²) in [4.78, 5) is 0. The zero-order chi connectivity index (χ0) is 11.9. The molecular weight excluding hydrogens is 208 g/mol. The molecule has 0 aromatic heterocycles. The van der Waals surface area contributed by atoms with E-state index in [9.17, 15) is 0 Å². The number of hydrogen-bond donors (Lipinski definition) is 0. The Bertz CT molecular complexity index is 455. The van der Waals surface area contributed by atoms with Gasteiger partial charge in [-0.3, -0.25) is 0 Å². The van der Waals surface area contributed by atoms with Gasteiger partial charge >= 0.3 is 0 Å². The summed E-state index contributed by atoms with van der Waals surface area (Å²) in [6, 6.07) is 10.9. The average molecular weight is 228 g/mol. The van der Waals surface area contributed by atoms with Crippen LogP contribution < -0.4 is 5.19 Å². The van der Waals surface area contributed by atoms with E-state index in [4.69, 9.17) is 0 Å². The van der Waals surface area contributed by atoms with Gasteiger partial charge < -0.3 is 0 Å². The molecule has 0 fully saturated rings. The first-order valence-electron chi connectivity index (χ1n) is 5.91. The molecule has 0 bridgehead atoms. The van der Waals surface area contributed by atoms with Crippen LogP contribution in [0.2, 0.25) is 19.6 Å². The fraction of sp³-hybridized carbons (Fsp3) is 0.333. The molecule has 0 saturated heterocycles. The minimum absolute atomic E-state index is 1.23. The van der Waals surface area contributed by atoms with Crippen LogP contribution in [0.4, 0.5) is 0 Å². The van der Waals surface area contributed by atoms with Crippen molar-refractivity contribution in [2.45, 2.75) is 33.5 Å². The molecule has 0 nitrogen and oxygen atoms in total. The second kappa shape index (κ2) is 3.74. The fourth-order valence-electron chi connectivity index (χ4n) is 2.88. The monoisotopic (exact) mass is 228 g/mol. The van der Waals surface area contributed by atoms with Crippen LogP contribution in [-0.2, 0) is 0 Å². The van der Waals surface area contributed by atoms with Crippen molar-refractivity contribution in [1.29, 1.82) is 0 Å². The molecule has 2 rings (SSSR count). The van der Waals surface area contributed by atoms with Crippen LogP contribution in [0.25, 0.3) is 11.1 Å². The predicted molar refractivity (Wildman–Crippen MR) is 75.5 cm³/mol. The molecule has 84 valence electrons. The van der Waals surface area contributed by atoms with Gasteiger partial charge in [-0.1, -0.05) is 55.2 Å². The molecular formula is C15H20Si. The highest BCUT2D eigenvalue weighted by atomic mass is 28.3. The van der Waals surface area contributed by atoms with Crippen molar-refractivity contribution in [2.75, 3.05) is 0 Å². The normalized spacial score (nSPS) is 12.1. The lowest BCUT2D eigenvalue weighted by Gasteiger charge is -2.18. The smallest absolute Gasteiger partial charge is 0.0656 e. The van der Waals surface area contributed by atoms with Crippen molar-refractivity contribution in [3.05, 3.63) is 41.5 Å². The van der Waals surface area contributed by atoms with Crippen molar-refractivity contribution in [1.82, 2.24) is 0 Å². The van der Waals surface area contributed by atoms with Gasteiger partial charge in [-0.2, -0.15) is 0 Å². The van der Waals surface area contributed by atoms with Crippen molar-refractivity contribution < 1.29 is 0 Å². The summed E-state index contributed by atoms with van der Waals surface area (Å²) >= 11 is 0. The number of fused-ring (bicyclic) bond motifs is 1. The zero-order valence-electron chi connectivity index (χ0n) is 10.9. The molecule has 0 heterocycles. The number of rotatable bonds is 1. The van der Waals surface area contributed by atoms with Gasteiger partial charge in [0.15, 0.2) is 0 Å². The summed E-state index contributed by atoms with van der Waals surface area (Å²) < 4.78 is 0. The highest BCUT2D eigenvalue weighted by molar-refractivity contribution is 6.89. The van der Waals surface area contributed by atoms with Crippen molar-refractivity contribution >= 4 is 13.3 Å². The van der Waals surface area contributed by atoms with E-state index in [1.54, 1.807) is 5.19 Å². The van der Waals surface area contributed by atoms with Crippen LogP contribution in [0.15, 0.2) is 30.3 Å². The molecule has 0 amide bonds. The standard InChI is InChI=1S/C15H20Si/c1-11-13-9-7-6-8-10-14(13)12(2)15(11)16(3,4)5/h6-10H,1-5H3. The highest BCUT2D eigenvalue weighted by Crippen LogP contribution is 2.31. The minimum Gasteiger partial charge on any atom is -0.0656 e. The SMILES string of the molecule is Cc1c2cccccc-2c(C)c1[Si](C)(C)C. The van der Waals surface area contributed by atoms with Crippen LogP contribution >= 0.6 is 0 Å². The third kappa shape index (κ3) is 1.69. The van der Waals surface area contributed by atoms with Crippen molar-refractivity contribution in [2.24, 2.45) is 0 Å². The van der Waals surface area contributed by atoms with E-state index in [0.29, 0.717) is 0 Å². The van der Waals surface area contributed by atoms with Crippen molar-refractivity contribution in [3.63, 3.8) is 0 Å². The maximum absolute atomic E-state index is 2.43. The lowest BCUT2D eigenvalue weighted by atomic mass is 10.1. The third-order valence-electron chi connectivity index (χ3n) is 3.35. The van der Waals surface area contributed by atoms with Gasteiger partial charge in [-0.15, -0.1) is 0 Å². The fourth-order valence-corrected chi connectivity index (χ4v) is 5.40. The predicted octanol–water partition coefficient (Wildman–Crippen LogP) is 3.95. The summed E-state index contributed by atoms with van der Waals surface area (Å²) in [5, 5.41) is 1.65. The second-order valence-corrected chi connectivity index (χ2v) is 10.6. The Balaban J connectivity index is 2.83. The molecule has 0 spiro atoms. The summed E-state index contributed by atoms with van der Waals surface area (Å²) in [5.41, 5.74) is 5.87. The Morgan fingerprint density at radius 3 is 1.56 bits per heavy atom. The van der Waals surface area contributed by atoms with Crippen LogP contribution in [0.5, 0.6) is 0 Å². The van der Waals surface area contributed by atoms with E-state index in [2.05, 4.69) is 63.8 Å². The van der Waals surface area contributed by atoms with E-state index in [1.165, 1.54) is 22.3 Å². The summed E-state index contributed by atoms with van der Waals surface area (Å²) in [6.07, 6.45) is 0. The molecule has 2 aliphatic carbocycles. The lowest BCUT2D eigenvalue weighted by Crippen LogP contribution is -2.39. The largest absolute Gasteiger partial charge is 0.0783 e. The van der Waals surface area contributed by atoms with Gasteiger partial charge in [-0.05, 0) is 36.1 Å². The van der Waals surface area contributed by atoms with Crippen LogP contribution in [0.1, 0.15) is 11.1 Å². The van der Waals surface area contributed by atoms with E-state index in [1.807, 2.05) is 0 Å². The van der Waals surface area contributed by atoms with E-state index >= 15 is 0 Å². The Kier molecular flexibility index (Phi) is 2.67. The molecule has 2 aliphatic rings. The molecule has 0 aromatic carbocycles.